The van der Waals surface area contributed by atoms with Gasteiger partial charge in [0.2, 0.25) is 17.6 Å². The molecule has 0 saturated carbocycles. The number of nitrogens with one attached hydrogen (secondary N) is 2. The third-order valence-corrected chi connectivity index (χ3v) is 5.19. The van der Waals surface area contributed by atoms with Crippen LogP contribution in [0.5, 0.6) is 5.75 Å². The molecule has 1 aromatic carbocycles. The molecule has 0 amide bonds. The van der Waals surface area contributed by atoms with Crippen molar-refractivity contribution >= 4 is 23.3 Å². The van der Waals surface area contributed by atoms with Gasteiger partial charge in [0.25, 0.3) is 0 Å². The number of methoxy groups -OCH3 is 1. The van der Waals surface area contributed by atoms with E-state index in [9.17, 15) is 10.1 Å². The number of likely N-dealkylation sites (N-methyl/N-ethyl adjacent to an activating group) is 1. The highest BCUT2D eigenvalue weighted by atomic mass is 16.6. The highest BCUT2D eigenvalue weighted by Gasteiger charge is 2.25. The van der Waals surface area contributed by atoms with Crippen molar-refractivity contribution in [2.24, 2.45) is 0 Å². The Labute approximate surface area is 181 Å². The molecule has 168 valence electrons. The predicted octanol–water partition coefficient (Wildman–Crippen LogP) is 2.28. The van der Waals surface area contributed by atoms with Gasteiger partial charge in [0.05, 0.1) is 24.2 Å². The molecule has 0 radical (unpaired) electrons. The number of para-hydroxylation sites is 1. The van der Waals surface area contributed by atoms with E-state index in [1.54, 1.807) is 7.11 Å². The Morgan fingerprint density at radius 1 is 1.35 bits per heavy atom. The van der Waals surface area contributed by atoms with Crippen molar-refractivity contribution < 1.29 is 14.4 Å². The van der Waals surface area contributed by atoms with Gasteiger partial charge >= 0.3 is 5.69 Å². The van der Waals surface area contributed by atoms with Gasteiger partial charge in [-0.15, -0.1) is 0 Å². The van der Waals surface area contributed by atoms with Crippen LogP contribution >= 0.6 is 0 Å². The van der Waals surface area contributed by atoms with Gasteiger partial charge in [-0.2, -0.15) is 9.97 Å². The number of anilines is 3. The normalized spacial score (nSPS) is 16.8. The van der Waals surface area contributed by atoms with Gasteiger partial charge in [0, 0.05) is 25.3 Å². The third-order valence-electron chi connectivity index (χ3n) is 5.19. The molecule has 2 aromatic rings. The number of ether oxygens (including phenoxy) is 2. The molecule has 0 bridgehead atoms. The first-order chi connectivity index (χ1) is 14.9. The summed E-state index contributed by atoms with van der Waals surface area (Å²) < 4.78 is 11.1. The first kappa shape index (κ1) is 22.5. The summed E-state index contributed by atoms with van der Waals surface area (Å²) in [7, 11) is 5.54. The highest BCUT2D eigenvalue weighted by molar-refractivity contribution is 5.69. The second-order valence-electron chi connectivity index (χ2n) is 7.50. The lowest BCUT2D eigenvalue weighted by molar-refractivity contribution is -0.383. The smallest absolute Gasteiger partial charge is 0.353 e. The fourth-order valence-corrected chi connectivity index (χ4v) is 3.57. The number of nitrogens with two attached hydrogens (primary N) is 1. The summed E-state index contributed by atoms with van der Waals surface area (Å²) in [5.41, 5.74) is 6.55. The van der Waals surface area contributed by atoms with E-state index in [1.807, 2.05) is 43.3 Å². The Balaban J connectivity index is 1.80. The number of benzene rings is 1. The van der Waals surface area contributed by atoms with Gasteiger partial charge in [-0.25, -0.2) is 0 Å². The summed E-state index contributed by atoms with van der Waals surface area (Å²) in [4.78, 5) is 21.4. The number of hydrogen-bond donors (Lipinski definition) is 3. The monoisotopic (exact) mass is 431 g/mol. The third kappa shape index (κ3) is 5.50. The second kappa shape index (κ2) is 10.2. The average molecular weight is 431 g/mol. The Morgan fingerprint density at radius 3 is 2.77 bits per heavy atom. The minimum atomic E-state index is -0.575. The molecule has 11 heteroatoms. The standard InChI is InChI=1S/C20H29N7O4/c1-26(2)15(14-8-4-5-9-16(14)30-3)12-23-20-24-18(21)17(27(28)29)19(25-20)22-11-13-7-6-10-31-13/h4-5,8-9,13,15H,6-7,10-12H2,1-3H3,(H4,21,22,23,24,25)/t13-,15-/m0/s1. The Hall–Kier alpha value is -3.18. The lowest BCUT2D eigenvalue weighted by atomic mass is 10.0. The van der Waals surface area contributed by atoms with Crippen LogP contribution in [0.3, 0.4) is 0 Å². The number of rotatable bonds is 10. The maximum atomic E-state index is 11.5. The molecule has 2 heterocycles. The molecule has 1 fully saturated rings. The average Bonchev–Trinajstić information content (AvgIpc) is 3.25. The van der Waals surface area contributed by atoms with Crippen LogP contribution in [0, 0.1) is 10.1 Å². The maximum absolute atomic E-state index is 11.5. The minimum absolute atomic E-state index is 0.00382. The fourth-order valence-electron chi connectivity index (χ4n) is 3.57. The van der Waals surface area contributed by atoms with Gasteiger partial charge in [0.15, 0.2) is 0 Å². The van der Waals surface area contributed by atoms with E-state index >= 15 is 0 Å². The molecule has 0 spiro atoms. The molecule has 31 heavy (non-hydrogen) atoms. The molecular weight excluding hydrogens is 402 g/mol. The van der Waals surface area contributed by atoms with Crippen LogP contribution in [-0.4, -0.2) is 66.8 Å². The van der Waals surface area contributed by atoms with Crippen molar-refractivity contribution in [2.75, 3.05) is 57.3 Å². The van der Waals surface area contributed by atoms with Gasteiger partial charge in [0.1, 0.15) is 5.75 Å². The van der Waals surface area contributed by atoms with E-state index in [4.69, 9.17) is 15.2 Å². The molecule has 0 unspecified atom stereocenters. The Morgan fingerprint density at radius 2 is 2.13 bits per heavy atom. The summed E-state index contributed by atoms with van der Waals surface area (Å²) >= 11 is 0. The number of hydrogen-bond acceptors (Lipinski definition) is 10. The molecule has 2 atom stereocenters. The predicted molar refractivity (Wildman–Crippen MR) is 118 cm³/mol. The van der Waals surface area contributed by atoms with Gasteiger partial charge in [-0.05, 0) is 33.0 Å². The van der Waals surface area contributed by atoms with Crippen LogP contribution in [0.2, 0.25) is 0 Å². The van der Waals surface area contributed by atoms with Gasteiger partial charge < -0.3 is 30.7 Å². The first-order valence-corrected chi connectivity index (χ1v) is 10.1. The quantitative estimate of drug-likeness (QED) is 0.379. The molecule has 11 nitrogen and oxygen atoms in total. The largest absolute Gasteiger partial charge is 0.496 e. The van der Waals surface area contributed by atoms with Crippen molar-refractivity contribution in [3.63, 3.8) is 0 Å². The van der Waals surface area contributed by atoms with Crippen molar-refractivity contribution in [3.05, 3.63) is 39.9 Å². The van der Waals surface area contributed by atoms with Crippen molar-refractivity contribution in [1.82, 2.24) is 14.9 Å². The van der Waals surface area contributed by atoms with Gasteiger partial charge in [-0.3, -0.25) is 10.1 Å². The first-order valence-electron chi connectivity index (χ1n) is 10.1. The molecule has 1 saturated heterocycles. The molecule has 4 N–H and O–H groups in total. The van der Waals surface area contributed by atoms with E-state index in [0.717, 1.165) is 24.2 Å². The lowest BCUT2D eigenvalue weighted by Crippen LogP contribution is -2.28. The van der Waals surface area contributed by atoms with Crippen molar-refractivity contribution in [1.29, 1.82) is 0 Å². The van der Waals surface area contributed by atoms with E-state index < -0.39 is 4.92 Å². The topological polar surface area (TPSA) is 141 Å². The summed E-state index contributed by atoms with van der Waals surface area (Å²) in [5, 5.41) is 17.7. The zero-order valence-corrected chi connectivity index (χ0v) is 18.0. The maximum Gasteiger partial charge on any atom is 0.353 e. The van der Waals surface area contributed by atoms with Crippen LogP contribution in [0.25, 0.3) is 0 Å². The summed E-state index contributed by atoms with van der Waals surface area (Å²) in [6.07, 6.45) is 1.87. The van der Waals surface area contributed by atoms with Crippen LogP contribution < -0.4 is 21.1 Å². The van der Waals surface area contributed by atoms with E-state index in [2.05, 4.69) is 20.6 Å². The van der Waals surface area contributed by atoms with Crippen LogP contribution in [0.1, 0.15) is 24.4 Å². The Kier molecular flexibility index (Phi) is 7.42. The summed E-state index contributed by atoms with van der Waals surface area (Å²) in [6, 6.07) is 7.69. The lowest BCUT2D eigenvalue weighted by Gasteiger charge is -2.26. The minimum Gasteiger partial charge on any atom is -0.496 e. The van der Waals surface area contributed by atoms with E-state index in [0.29, 0.717) is 19.7 Å². The van der Waals surface area contributed by atoms with Gasteiger partial charge in [-0.1, -0.05) is 18.2 Å². The molecular formula is C20H29N7O4. The van der Waals surface area contributed by atoms with Crippen LogP contribution in [0.15, 0.2) is 24.3 Å². The van der Waals surface area contributed by atoms with Crippen molar-refractivity contribution in [3.8, 4) is 5.75 Å². The molecule has 1 aliphatic heterocycles. The number of nitrogen functional groups attached to an aromatic ring is 1. The number of aromatic nitrogens is 2. The van der Waals surface area contributed by atoms with Crippen LogP contribution in [0.4, 0.5) is 23.3 Å². The number of nitrogens with zero attached hydrogens (tertiary/aromatic N) is 4. The number of nitro groups is 1. The second-order valence-corrected chi connectivity index (χ2v) is 7.50. The van der Waals surface area contributed by atoms with Crippen LogP contribution in [-0.2, 0) is 4.74 Å². The fraction of sp³-hybridized carbons (Fsp3) is 0.500. The van der Waals surface area contributed by atoms with E-state index in [1.165, 1.54) is 0 Å². The SMILES string of the molecule is COc1ccccc1[C@H](CNc1nc(N)c([N+](=O)[O-])c(NC[C@@H]2CCCO2)n1)N(C)C. The zero-order chi connectivity index (χ0) is 22.4. The van der Waals surface area contributed by atoms with Crippen molar-refractivity contribution in [2.45, 2.75) is 25.0 Å². The molecule has 1 aromatic heterocycles. The highest BCUT2D eigenvalue weighted by Crippen LogP contribution is 2.31. The zero-order valence-electron chi connectivity index (χ0n) is 18.0. The Bertz CT molecular complexity index is 903. The summed E-state index contributed by atoms with van der Waals surface area (Å²) in [5.74, 6) is 0.857. The van der Waals surface area contributed by atoms with E-state index in [-0.39, 0.29) is 35.4 Å². The summed E-state index contributed by atoms with van der Waals surface area (Å²) in [6.45, 7) is 1.55. The molecule has 3 rings (SSSR count). The molecule has 1 aliphatic rings. The molecule has 0 aliphatic carbocycles.